The van der Waals surface area contributed by atoms with Crippen LogP contribution < -0.4 is 5.32 Å². The lowest BCUT2D eigenvalue weighted by Gasteiger charge is -2.47. The number of aromatic nitrogens is 5. The molecule has 1 aromatic carbocycles. The van der Waals surface area contributed by atoms with Gasteiger partial charge in [-0.25, -0.2) is 24.3 Å². The standard InChI is InChI=1S/C25H23FN6O2/c26-19-21(14-4-2-1-3-5-14)31-23(17-11-28-22-16(17)10-27-12-29-22)32-24(19)30-20-15-8-6-13(7-9-15)18(20)25(33)34/h1-5,10-13,15,18,20H,6-9H2,(H,33,34)(H,27,28,29)(H,30,31,32)/t13?,15?,18-,20-/m1/s1. The Bertz CT molecular complexity index is 1370. The highest BCUT2D eigenvalue weighted by molar-refractivity contribution is 5.91. The van der Waals surface area contributed by atoms with E-state index in [0.29, 0.717) is 22.6 Å². The summed E-state index contributed by atoms with van der Waals surface area (Å²) in [5, 5.41) is 13.9. The van der Waals surface area contributed by atoms with Crippen LogP contribution in [0.1, 0.15) is 25.7 Å². The zero-order valence-electron chi connectivity index (χ0n) is 18.3. The summed E-state index contributed by atoms with van der Waals surface area (Å²) in [5.74, 6) is -1.37. The highest BCUT2D eigenvalue weighted by atomic mass is 19.1. The van der Waals surface area contributed by atoms with Gasteiger partial charge in [-0.3, -0.25) is 4.79 Å². The number of carbonyl (C=O) groups is 1. The van der Waals surface area contributed by atoms with Crippen LogP contribution in [0.2, 0.25) is 0 Å². The average molecular weight is 458 g/mol. The lowest BCUT2D eigenvalue weighted by Crippen LogP contribution is -2.51. The van der Waals surface area contributed by atoms with Crippen molar-refractivity contribution in [2.24, 2.45) is 17.8 Å². The van der Waals surface area contributed by atoms with E-state index in [1.807, 2.05) is 18.2 Å². The van der Waals surface area contributed by atoms with Crippen molar-refractivity contribution in [3.05, 3.63) is 54.9 Å². The van der Waals surface area contributed by atoms with E-state index in [-0.39, 0.29) is 29.4 Å². The van der Waals surface area contributed by atoms with Gasteiger partial charge in [0.25, 0.3) is 0 Å². The molecule has 3 saturated carbocycles. The molecule has 3 aromatic heterocycles. The third kappa shape index (κ3) is 3.39. The van der Waals surface area contributed by atoms with E-state index >= 15 is 4.39 Å². The molecule has 2 bridgehead atoms. The van der Waals surface area contributed by atoms with Crippen molar-refractivity contribution in [1.82, 2.24) is 24.9 Å². The number of benzene rings is 1. The van der Waals surface area contributed by atoms with Crippen LogP contribution in [0.15, 0.2) is 49.1 Å². The molecule has 3 aliphatic rings. The normalized spacial score (nSPS) is 23.8. The molecule has 0 unspecified atom stereocenters. The molecule has 0 amide bonds. The number of fused-ring (bicyclic) bond motifs is 4. The number of aromatic amines is 1. The van der Waals surface area contributed by atoms with Crippen LogP contribution in [0.5, 0.6) is 0 Å². The fourth-order valence-electron chi connectivity index (χ4n) is 5.67. The van der Waals surface area contributed by atoms with Gasteiger partial charge in [-0.1, -0.05) is 30.3 Å². The van der Waals surface area contributed by atoms with E-state index in [1.54, 1.807) is 24.5 Å². The van der Waals surface area contributed by atoms with Crippen molar-refractivity contribution in [1.29, 1.82) is 0 Å². The Morgan fingerprint density at radius 3 is 2.62 bits per heavy atom. The number of nitrogens with zero attached hydrogens (tertiary/aromatic N) is 4. The summed E-state index contributed by atoms with van der Waals surface area (Å²) < 4.78 is 15.9. The lowest BCUT2D eigenvalue weighted by molar-refractivity contribution is -0.148. The number of carboxylic acids is 1. The summed E-state index contributed by atoms with van der Waals surface area (Å²) in [5.41, 5.74) is 2.05. The predicted octanol–water partition coefficient (Wildman–Crippen LogP) is 4.52. The van der Waals surface area contributed by atoms with Crippen LogP contribution in [0.3, 0.4) is 0 Å². The van der Waals surface area contributed by atoms with E-state index < -0.39 is 17.7 Å². The van der Waals surface area contributed by atoms with Crippen LogP contribution >= 0.6 is 0 Å². The van der Waals surface area contributed by atoms with Gasteiger partial charge in [0.05, 0.1) is 5.92 Å². The minimum absolute atomic E-state index is 0.0267. The van der Waals surface area contributed by atoms with Gasteiger partial charge in [-0.05, 0) is 37.5 Å². The molecule has 3 fully saturated rings. The zero-order chi connectivity index (χ0) is 23.2. The molecular weight excluding hydrogens is 435 g/mol. The Labute approximate surface area is 194 Å². The van der Waals surface area contributed by atoms with E-state index in [0.717, 1.165) is 31.1 Å². The number of hydrogen-bond acceptors (Lipinski definition) is 6. The maximum Gasteiger partial charge on any atom is 0.308 e. The Morgan fingerprint density at radius 2 is 1.85 bits per heavy atom. The SMILES string of the molecule is O=C(O)[C@@H]1C2CCC(CC2)[C@H]1Nc1nc(-c2c[nH]c3ncncc23)nc(-c2ccccc2)c1F. The van der Waals surface area contributed by atoms with Crippen LogP contribution in [-0.4, -0.2) is 42.0 Å². The second kappa shape index (κ2) is 8.16. The number of halogens is 1. The molecule has 0 saturated heterocycles. The minimum Gasteiger partial charge on any atom is -0.481 e. The van der Waals surface area contributed by atoms with Crippen LogP contribution in [0.25, 0.3) is 33.7 Å². The van der Waals surface area contributed by atoms with Crippen LogP contribution in [0, 0.1) is 23.6 Å². The Kier molecular flexibility index (Phi) is 4.97. The fourth-order valence-corrected chi connectivity index (χ4v) is 5.67. The minimum atomic E-state index is -0.835. The number of carboxylic acid groups (broad SMARTS) is 1. The van der Waals surface area contributed by atoms with Gasteiger partial charge < -0.3 is 15.4 Å². The molecular formula is C25H23FN6O2. The first-order valence-electron chi connectivity index (χ1n) is 11.5. The van der Waals surface area contributed by atoms with Crippen LogP contribution in [-0.2, 0) is 4.79 Å². The fraction of sp³-hybridized carbons (Fsp3) is 0.320. The molecule has 34 heavy (non-hydrogen) atoms. The number of nitrogens with one attached hydrogen (secondary N) is 2. The number of rotatable bonds is 5. The van der Waals surface area contributed by atoms with Crippen molar-refractivity contribution in [3.8, 4) is 22.6 Å². The average Bonchev–Trinajstić information content (AvgIpc) is 3.30. The summed E-state index contributed by atoms with van der Waals surface area (Å²) >= 11 is 0. The van der Waals surface area contributed by atoms with Crippen molar-refractivity contribution in [3.63, 3.8) is 0 Å². The molecule has 0 aliphatic heterocycles. The third-order valence-corrected chi connectivity index (χ3v) is 7.30. The van der Waals surface area contributed by atoms with E-state index in [9.17, 15) is 9.90 Å². The van der Waals surface area contributed by atoms with Gasteiger partial charge in [0.1, 0.15) is 17.7 Å². The molecule has 3 N–H and O–H groups in total. The second-order valence-corrected chi connectivity index (χ2v) is 9.12. The number of anilines is 1. The van der Waals surface area contributed by atoms with Gasteiger partial charge in [0.15, 0.2) is 17.5 Å². The van der Waals surface area contributed by atoms with E-state index in [1.165, 1.54) is 6.33 Å². The zero-order valence-corrected chi connectivity index (χ0v) is 18.3. The highest BCUT2D eigenvalue weighted by Gasteiger charge is 2.47. The third-order valence-electron chi connectivity index (χ3n) is 7.30. The molecule has 4 aromatic rings. The molecule has 2 atom stereocenters. The van der Waals surface area contributed by atoms with Gasteiger partial charge in [0.2, 0.25) is 0 Å². The lowest BCUT2D eigenvalue weighted by atomic mass is 9.61. The first kappa shape index (κ1) is 20.7. The smallest absolute Gasteiger partial charge is 0.308 e. The first-order chi connectivity index (χ1) is 16.6. The highest BCUT2D eigenvalue weighted by Crippen LogP contribution is 2.46. The largest absolute Gasteiger partial charge is 0.481 e. The van der Waals surface area contributed by atoms with Crippen molar-refractivity contribution in [2.45, 2.75) is 31.7 Å². The van der Waals surface area contributed by atoms with Gasteiger partial charge in [-0.2, -0.15) is 0 Å². The predicted molar refractivity (Wildman–Crippen MR) is 124 cm³/mol. The van der Waals surface area contributed by atoms with E-state index in [4.69, 9.17) is 0 Å². The van der Waals surface area contributed by atoms with E-state index in [2.05, 4.69) is 30.2 Å². The summed E-state index contributed by atoms with van der Waals surface area (Å²) in [4.78, 5) is 32.7. The van der Waals surface area contributed by atoms with Crippen molar-refractivity contribution >= 4 is 22.8 Å². The molecule has 0 radical (unpaired) electrons. The Hall–Kier alpha value is -3.88. The summed E-state index contributed by atoms with van der Waals surface area (Å²) in [6.45, 7) is 0. The van der Waals surface area contributed by atoms with Crippen molar-refractivity contribution < 1.29 is 14.3 Å². The molecule has 7 rings (SSSR count). The Balaban J connectivity index is 1.49. The van der Waals surface area contributed by atoms with Crippen molar-refractivity contribution in [2.75, 3.05) is 5.32 Å². The number of hydrogen-bond donors (Lipinski definition) is 3. The molecule has 0 spiro atoms. The molecule has 3 heterocycles. The second-order valence-electron chi connectivity index (χ2n) is 9.12. The van der Waals surface area contributed by atoms with Gasteiger partial charge in [-0.15, -0.1) is 0 Å². The maximum atomic E-state index is 15.9. The molecule has 172 valence electrons. The van der Waals surface area contributed by atoms with Crippen LogP contribution in [0.4, 0.5) is 10.2 Å². The number of H-pyrrole nitrogens is 1. The molecule has 3 aliphatic carbocycles. The van der Waals surface area contributed by atoms with Gasteiger partial charge in [0, 0.05) is 34.9 Å². The van der Waals surface area contributed by atoms with Gasteiger partial charge >= 0.3 is 5.97 Å². The topological polar surface area (TPSA) is 117 Å². The summed E-state index contributed by atoms with van der Waals surface area (Å²) in [6, 6.07) is 8.71. The first-order valence-corrected chi connectivity index (χ1v) is 11.5. The summed E-state index contributed by atoms with van der Waals surface area (Å²) in [7, 11) is 0. The maximum absolute atomic E-state index is 15.9. The molecule has 8 nitrogen and oxygen atoms in total. The monoisotopic (exact) mass is 458 g/mol. The quantitative estimate of drug-likeness (QED) is 0.402. The number of aliphatic carboxylic acids is 1. The summed E-state index contributed by atoms with van der Waals surface area (Å²) in [6.07, 6.45) is 8.53. The molecule has 9 heteroatoms. The Morgan fingerprint density at radius 1 is 1.09 bits per heavy atom.